The van der Waals surface area contributed by atoms with Crippen LogP contribution in [-0.2, 0) is 4.79 Å². The van der Waals surface area contributed by atoms with Crippen LogP contribution in [0.1, 0.15) is 15.9 Å². The number of nitrogen functional groups attached to an aromatic ring is 1. The number of aromatic nitrogens is 1. The molecule has 0 aliphatic rings. The Hall–Kier alpha value is -3.39. The predicted octanol–water partition coefficient (Wildman–Crippen LogP) is 4.47. The van der Waals surface area contributed by atoms with Crippen molar-refractivity contribution in [3.8, 4) is 0 Å². The van der Waals surface area contributed by atoms with Gasteiger partial charge in [-0.1, -0.05) is 41.9 Å². The van der Waals surface area contributed by atoms with Crippen LogP contribution in [0.5, 0.6) is 0 Å². The van der Waals surface area contributed by atoms with Gasteiger partial charge >= 0.3 is 0 Å². The van der Waals surface area contributed by atoms with Crippen LogP contribution in [0.3, 0.4) is 0 Å². The van der Waals surface area contributed by atoms with Crippen LogP contribution in [-0.4, -0.2) is 37.4 Å². The van der Waals surface area contributed by atoms with E-state index in [4.69, 9.17) is 28.9 Å². The Kier molecular flexibility index (Phi) is 7.71. The minimum absolute atomic E-state index is 0.0809. The first kappa shape index (κ1) is 24.3. The Labute approximate surface area is 202 Å². The van der Waals surface area contributed by atoms with E-state index in [1.54, 1.807) is 67.5 Å². The number of rotatable bonds is 7. The highest BCUT2D eigenvalue weighted by molar-refractivity contribution is 6.31. The minimum Gasteiger partial charge on any atom is -0.398 e. The van der Waals surface area contributed by atoms with E-state index in [1.807, 2.05) is 0 Å². The summed E-state index contributed by atoms with van der Waals surface area (Å²) < 4.78 is 0. The second-order valence-electron chi connectivity index (χ2n) is 7.18. The lowest BCUT2D eigenvalue weighted by atomic mass is 10.1. The van der Waals surface area contributed by atoms with Crippen molar-refractivity contribution in [3.05, 3.63) is 88.5 Å². The average molecular weight is 484 g/mol. The highest BCUT2D eigenvalue weighted by Crippen LogP contribution is 2.30. The van der Waals surface area contributed by atoms with Crippen LogP contribution in [0.2, 0.25) is 10.0 Å². The molecule has 0 aliphatic carbocycles. The fourth-order valence-corrected chi connectivity index (χ4v) is 3.40. The number of amides is 2. The third kappa shape index (κ3) is 5.51. The standard InChI is InChI=1S/C24H23Cl2N5O2/c1-15(16-4-8-19(9-5-16)30(3)23(32)14-28-2)31(22-11-7-18(26)13-29-22)24(33)20-12-17(25)6-10-21(20)27/h4-13,28H,1,14,27H2,2-3H3. The minimum atomic E-state index is -0.444. The number of carbonyl (C=O) groups is 2. The molecule has 3 N–H and O–H groups in total. The van der Waals surface area contributed by atoms with Crippen LogP contribution >= 0.6 is 23.2 Å². The Balaban J connectivity index is 1.99. The van der Waals surface area contributed by atoms with E-state index >= 15 is 0 Å². The molecule has 3 aromatic rings. The van der Waals surface area contributed by atoms with E-state index in [9.17, 15) is 9.59 Å². The average Bonchev–Trinajstić information content (AvgIpc) is 2.81. The molecule has 9 heteroatoms. The number of pyridine rings is 1. The molecule has 0 aliphatic heterocycles. The lowest BCUT2D eigenvalue weighted by Crippen LogP contribution is -2.34. The Morgan fingerprint density at radius 2 is 1.73 bits per heavy atom. The summed E-state index contributed by atoms with van der Waals surface area (Å²) >= 11 is 12.1. The third-order valence-corrected chi connectivity index (χ3v) is 5.41. The van der Waals surface area contributed by atoms with Crippen LogP contribution < -0.4 is 20.9 Å². The van der Waals surface area contributed by atoms with Crippen LogP contribution in [0.15, 0.2) is 67.4 Å². The van der Waals surface area contributed by atoms with E-state index in [0.29, 0.717) is 32.8 Å². The van der Waals surface area contributed by atoms with Crippen molar-refractivity contribution in [3.63, 3.8) is 0 Å². The van der Waals surface area contributed by atoms with Gasteiger partial charge in [0, 0.05) is 29.6 Å². The van der Waals surface area contributed by atoms with Crippen molar-refractivity contribution < 1.29 is 9.59 Å². The van der Waals surface area contributed by atoms with Crippen molar-refractivity contribution >= 4 is 57.9 Å². The zero-order valence-electron chi connectivity index (χ0n) is 18.2. The van der Waals surface area contributed by atoms with E-state index < -0.39 is 5.91 Å². The van der Waals surface area contributed by atoms with Gasteiger partial charge in [0.15, 0.2) is 0 Å². The lowest BCUT2D eigenvalue weighted by Gasteiger charge is -2.25. The zero-order valence-corrected chi connectivity index (χ0v) is 19.7. The third-order valence-electron chi connectivity index (χ3n) is 4.95. The monoisotopic (exact) mass is 483 g/mol. The summed E-state index contributed by atoms with van der Waals surface area (Å²) in [6, 6.07) is 15.0. The van der Waals surface area contributed by atoms with E-state index in [1.165, 1.54) is 17.2 Å². The number of likely N-dealkylation sites (N-methyl/N-ethyl adjacent to an activating group) is 2. The van der Waals surface area contributed by atoms with E-state index in [0.717, 1.165) is 0 Å². The van der Waals surface area contributed by atoms with Gasteiger partial charge in [-0.2, -0.15) is 0 Å². The molecule has 3 rings (SSSR count). The molecule has 33 heavy (non-hydrogen) atoms. The fourth-order valence-electron chi connectivity index (χ4n) is 3.12. The van der Waals surface area contributed by atoms with Crippen molar-refractivity contribution in [1.29, 1.82) is 0 Å². The second kappa shape index (κ2) is 10.5. The molecule has 0 unspecified atom stereocenters. The number of anilines is 3. The second-order valence-corrected chi connectivity index (χ2v) is 8.06. The molecule has 1 aromatic heterocycles. The maximum absolute atomic E-state index is 13.5. The Bertz CT molecular complexity index is 1180. The topological polar surface area (TPSA) is 91.6 Å². The number of nitrogens with zero attached hydrogens (tertiary/aromatic N) is 3. The lowest BCUT2D eigenvalue weighted by molar-refractivity contribution is -0.117. The molecule has 0 bridgehead atoms. The first-order valence-corrected chi connectivity index (χ1v) is 10.7. The molecule has 1 heterocycles. The molecule has 0 spiro atoms. The van der Waals surface area contributed by atoms with Crippen molar-refractivity contribution in [2.45, 2.75) is 0 Å². The van der Waals surface area contributed by atoms with Crippen molar-refractivity contribution in [1.82, 2.24) is 10.3 Å². The molecule has 0 atom stereocenters. The SMILES string of the molecule is C=C(c1ccc(N(C)C(=O)CNC)cc1)N(C(=O)c1cc(Cl)ccc1N)c1ccc(Cl)cn1. The first-order chi connectivity index (χ1) is 15.7. The summed E-state index contributed by atoms with van der Waals surface area (Å²) in [7, 11) is 3.40. The highest BCUT2D eigenvalue weighted by atomic mass is 35.5. The van der Waals surface area contributed by atoms with Gasteiger partial charge in [-0.05, 0) is 55.1 Å². The van der Waals surface area contributed by atoms with Crippen LogP contribution in [0.25, 0.3) is 5.70 Å². The molecule has 7 nitrogen and oxygen atoms in total. The molecular formula is C24H23Cl2N5O2. The zero-order chi connectivity index (χ0) is 24.1. The molecule has 0 saturated carbocycles. The summed E-state index contributed by atoms with van der Waals surface area (Å²) in [6.45, 7) is 4.35. The van der Waals surface area contributed by atoms with Gasteiger partial charge in [-0.15, -0.1) is 0 Å². The number of hydrogen-bond acceptors (Lipinski definition) is 5. The molecule has 2 aromatic carbocycles. The fraction of sp³-hybridized carbons (Fsp3) is 0.125. The van der Waals surface area contributed by atoms with Crippen molar-refractivity contribution in [2.24, 2.45) is 0 Å². The summed E-state index contributed by atoms with van der Waals surface area (Å²) in [4.78, 5) is 32.9. The maximum Gasteiger partial charge on any atom is 0.266 e. The van der Waals surface area contributed by atoms with E-state index in [2.05, 4.69) is 16.9 Å². The largest absolute Gasteiger partial charge is 0.398 e. The van der Waals surface area contributed by atoms with Gasteiger partial charge < -0.3 is 16.0 Å². The van der Waals surface area contributed by atoms with Crippen LogP contribution in [0, 0.1) is 0 Å². The van der Waals surface area contributed by atoms with Crippen molar-refractivity contribution in [2.75, 3.05) is 36.2 Å². The number of benzene rings is 2. The number of hydrogen-bond donors (Lipinski definition) is 2. The van der Waals surface area contributed by atoms with Gasteiger partial charge in [0.2, 0.25) is 5.91 Å². The van der Waals surface area contributed by atoms with Gasteiger partial charge in [0.25, 0.3) is 5.91 Å². The molecule has 0 fully saturated rings. The normalized spacial score (nSPS) is 10.5. The first-order valence-electron chi connectivity index (χ1n) is 9.94. The summed E-state index contributed by atoms with van der Waals surface area (Å²) in [5.41, 5.74) is 8.27. The predicted molar refractivity (Wildman–Crippen MR) is 135 cm³/mol. The Morgan fingerprint density at radius 3 is 2.33 bits per heavy atom. The van der Waals surface area contributed by atoms with Gasteiger partial charge in [-0.25, -0.2) is 4.98 Å². The quantitative estimate of drug-likeness (QED) is 0.483. The number of nitrogens with one attached hydrogen (secondary N) is 1. The van der Waals surface area contributed by atoms with E-state index in [-0.39, 0.29) is 23.7 Å². The summed E-state index contributed by atoms with van der Waals surface area (Å²) in [5, 5.41) is 3.64. The highest BCUT2D eigenvalue weighted by Gasteiger charge is 2.25. The molecule has 2 amide bonds. The van der Waals surface area contributed by atoms with Gasteiger partial charge in [0.1, 0.15) is 5.82 Å². The van der Waals surface area contributed by atoms with Gasteiger partial charge in [-0.3, -0.25) is 14.5 Å². The maximum atomic E-state index is 13.5. The molecule has 0 saturated heterocycles. The number of halogens is 2. The molecule has 170 valence electrons. The van der Waals surface area contributed by atoms with Gasteiger partial charge in [0.05, 0.1) is 22.8 Å². The number of nitrogens with two attached hydrogens (primary N) is 1. The summed E-state index contributed by atoms with van der Waals surface area (Å²) in [6.07, 6.45) is 1.44. The Morgan fingerprint density at radius 1 is 1.06 bits per heavy atom. The smallest absolute Gasteiger partial charge is 0.266 e. The molecular weight excluding hydrogens is 461 g/mol. The summed E-state index contributed by atoms with van der Waals surface area (Å²) in [5.74, 6) is -0.206. The number of carbonyl (C=O) groups excluding carboxylic acids is 2. The molecule has 0 radical (unpaired) electrons. The van der Waals surface area contributed by atoms with Crippen LogP contribution in [0.4, 0.5) is 17.2 Å².